The van der Waals surface area contributed by atoms with Gasteiger partial charge < -0.3 is 9.53 Å². The fourth-order valence-corrected chi connectivity index (χ4v) is 1.62. The Kier molecular flexibility index (Phi) is 2.86. The van der Waals surface area contributed by atoms with Crippen LogP contribution < -0.4 is 0 Å². The van der Waals surface area contributed by atoms with Crippen LogP contribution in [0, 0.1) is 5.41 Å². The maximum absolute atomic E-state index is 11.3. The summed E-state index contributed by atoms with van der Waals surface area (Å²) in [5, 5.41) is 0. The van der Waals surface area contributed by atoms with Crippen LogP contribution in [0.3, 0.4) is 0 Å². The van der Waals surface area contributed by atoms with Gasteiger partial charge in [0.25, 0.3) is 0 Å². The first-order valence-electron chi connectivity index (χ1n) is 4.36. The Morgan fingerprint density at radius 1 is 1.54 bits per heavy atom. The fourth-order valence-electron chi connectivity index (χ4n) is 1.62. The highest BCUT2D eigenvalue weighted by Gasteiger charge is 2.41. The van der Waals surface area contributed by atoms with Crippen molar-refractivity contribution in [3.8, 4) is 0 Å². The summed E-state index contributed by atoms with van der Waals surface area (Å²) in [6.45, 7) is 3.83. The molecule has 3 nitrogen and oxygen atoms in total. The first-order valence-corrected chi connectivity index (χ1v) is 4.36. The van der Waals surface area contributed by atoms with Gasteiger partial charge >= 0.3 is 5.97 Å². The number of ether oxygens (including phenoxy) is 1. The molecule has 1 saturated carbocycles. The van der Waals surface area contributed by atoms with Crippen LogP contribution in [0.15, 0.2) is 12.2 Å². The van der Waals surface area contributed by atoms with Crippen LogP contribution in [0.25, 0.3) is 0 Å². The van der Waals surface area contributed by atoms with E-state index in [1.165, 1.54) is 7.11 Å². The van der Waals surface area contributed by atoms with E-state index in [1.807, 2.05) is 0 Å². The third-order valence-electron chi connectivity index (χ3n) is 2.67. The average Bonchev–Trinajstić information content (AvgIpc) is 2.18. The number of carbonyl (C=O) groups excluding carboxylic acids is 2. The van der Waals surface area contributed by atoms with Crippen LogP contribution in [0.4, 0.5) is 0 Å². The van der Waals surface area contributed by atoms with Crippen molar-refractivity contribution in [2.24, 2.45) is 5.41 Å². The molecule has 0 amide bonds. The second-order valence-corrected chi connectivity index (χ2v) is 3.52. The molecule has 0 unspecified atom stereocenters. The highest BCUT2D eigenvalue weighted by Crippen LogP contribution is 2.37. The second-order valence-electron chi connectivity index (χ2n) is 3.52. The van der Waals surface area contributed by atoms with Crippen LogP contribution in [0.2, 0.25) is 0 Å². The van der Waals surface area contributed by atoms with E-state index < -0.39 is 11.4 Å². The van der Waals surface area contributed by atoms with Crippen molar-refractivity contribution >= 4 is 12.3 Å². The molecule has 0 atom stereocenters. The minimum atomic E-state index is -0.893. The second kappa shape index (κ2) is 3.73. The van der Waals surface area contributed by atoms with Gasteiger partial charge in [-0.15, -0.1) is 0 Å². The lowest BCUT2D eigenvalue weighted by Crippen LogP contribution is -2.36. The Hall–Kier alpha value is -1.12. The SMILES string of the molecule is C=C1CCC(C=O)(C(=O)OC)CC1. The van der Waals surface area contributed by atoms with Crippen LogP contribution in [0.1, 0.15) is 25.7 Å². The van der Waals surface area contributed by atoms with Crippen molar-refractivity contribution in [1.82, 2.24) is 0 Å². The third kappa shape index (κ3) is 1.79. The van der Waals surface area contributed by atoms with Crippen LogP contribution >= 0.6 is 0 Å². The number of rotatable bonds is 2. The molecule has 0 heterocycles. The van der Waals surface area contributed by atoms with Crippen molar-refractivity contribution in [3.05, 3.63) is 12.2 Å². The summed E-state index contributed by atoms with van der Waals surface area (Å²) in [7, 11) is 1.32. The zero-order valence-electron chi connectivity index (χ0n) is 7.84. The molecule has 1 aliphatic carbocycles. The monoisotopic (exact) mass is 182 g/mol. The van der Waals surface area contributed by atoms with Crippen LogP contribution in [-0.2, 0) is 14.3 Å². The topological polar surface area (TPSA) is 43.4 Å². The Bertz CT molecular complexity index is 233. The van der Waals surface area contributed by atoms with E-state index in [4.69, 9.17) is 0 Å². The number of hydrogen-bond donors (Lipinski definition) is 0. The molecule has 0 aromatic rings. The Labute approximate surface area is 77.8 Å². The molecule has 0 aromatic carbocycles. The molecular formula is C10H14O3. The van der Waals surface area contributed by atoms with Gasteiger partial charge in [-0.2, -0.15) is 0 Å². The summed E-state index contributed by atoms with van der Waals surface area (Å²) in [5.74, 6) is -0.407. The molecule has 0 N–H and O–H groups in total. The number of allylic oxidation sites excluding steroid dienone is 1. The van der Waals surface area contributed by atoms with Crippen molar-refractivity contribution in [2.45, 2.75) is 25.7 Å². The first-order chi connectivity index (χ1) is 6.14. The predicted octanol–water partition coefficient (Wildman–Crippen LogP) is 1.47. The van der Waals surface area contributed by atoms with Gasteiger partial charge in [-0.1, -0.05) is 12.2 Å². The van der Waals surface area contributed by atoms with Gasteiger partial charge in [-0.3, -0.25) is 4.79 Å². The Balaban J connectivity index is 2.76. The summed E-state index contributed by atoms with van der Waals surface area (Å²) in [6.07, 6.45) is 3.30. The van der Waals surface area contributed by atoms with Crippen molar-refractivity contribution in [2.75, 3.05) is 7.11 Å². The number of aldehydes is 1. The fraction of sp³-hybridized carbons (Fsp3) is 0.600. The van der Waals surface area contributed by atoms with E-state index >= 15 is 0 Å². The Morgan fingerprint density at radius 3 is 2.46 bits per heavy atom. The standard InChI is InChI=1S/C10H14O3/c1-8-3-5-10(7-11,6-4-8)9(12)13-2/h7H,1,3-6H2,2H3. The number of esters is 1. The zero-order valence-corrected chi connectivity index (χ0v) is 7.84. The summed E-state index contributed by atoms with van der Waals surface area (Å²) in [6, 6.07) is 0. The van der Waals surface area contributed by atoms with Crippen molar-refractivity contribution < 1.29 is 14.3 Å². The first kappa shape index (κ1) is 9.96. The summed E-state index contributed by atoms with van der Waals surface area (Å²) in [4.78, 5) is 22.2. The summed E-state index contributed by atoms with van der Waals surface area (Å²) in [5.41, 5.74) is 0.219. The predicted molar refractivity (Wildman–Crippen MR) is 48.1 cm³/mol. The van der Waals surface area contributed by atoms with E-state index in [0.717, 1.165) is 24.7 Å². The molecule has 0 saturated heterocycles. The van der Waals surface area contributed by atoms with E-state index in [0.29, 0.717) is 12.8 Å². The van der Waals surface area contributed by atoms with Gasteiger partial charge in [-0.05, 0) is 25.7 Å². The lowest BCUT2D eigenvalue weighted by molar-refractivity contribution is -0.156. The lowest BCUT2D eigenvalue weighted by atomic mass is 9.74. The van der Waals surface area contributed by atoms with Gasteiger partial charge in [-0.25, -0.2) is 0 Å². The van der Waals surface area contributed by atoms with Crippen LogP contribution in [-0.4, -0.2) is 19.4 Å². The molecule has 0 aliphatic heterocycles. The van der Waals surface area contributed by atoms with Gasteiger partial charge in [0.05, 0.1) is 7.11 Å². The van der Waals surface area contributed by atoms with Gasteiger partial charge in [0.15, 0.2) is 0 Å². The molecule has 13 heavy (non-hydrogen) atoms. The normalized spacial score (nSPS) is 20.8. The minimum Gasteiger partial charge on any atom is -0.468 e. The molecule has 1 fully saturated rings. The molecule has 1 rings (SSSR count). The average molecular weight is 182 g/mol. The largest absolute Gasteiger partial charge is 0.468 e. The molecule has 1 aliphatic rings. The van der Waals surface area contributed by atoms with Gasteiger partial charge in [0.2, 0.25) is 0 Å². The minimum absolute atomic E-state index is 0.407. The highest BCUT2D eigenvalue weighted by atomic mass is 16.5. The molecule has 3 heteroatoms. The van der Waals surface area contributed by atoms with Crippen molar-refractivity contribution in [1.29, 1.82) is 0 Å². The number of hydrogen-bond acceptors (Lipinski definition) is 3. The third-order valence-corrected chi connectivity index (χ3v) is 2.67. The van der Waals surface area contributed by atoms with E-state index in [9.17, 15) is 9.59 Å². The van der Waals surface area contributed by atoms with Gasteiger partial charge in [0, 0.05) is 0 Å². The highest BCUT2D eigenvalue weighted by molar-refractivity contribution is 5.93. The zero-order chi connectivity index (χ0) is 9.90. The molecule has 0 bridgehead atoms. The summed E-state index contributed by atoms with van der Waals surface area (Å²) < 4.78 is 4.62. The smallest absolute Gasteiger partial charge is 0.319 e. The molecule has 72 valence electrons. The van der Waals surface area contributed by atoms with Crippen molar-refractivity contribution in [3.63, 3.8) is 0 Å². The lowest BCUT2D eigenvalue weighted by Gasteiger charge is -2.29. The number of carbonyl (C=O) groups is 2. The molecular weight excluding hydrogens is 168 g/mol. The molecule has 0 aromatic heterocycles. The van der Waals surface area contributed by atoms with E-state index in [-0.39, 0.29) is 0 Å². The number of methoxy groups -OCH3 is 1. The Morgan fingerprint density at radius 2 is 2.08 bits per heavy atom. The van der Waals surface area contributed by atoms with Gasteiger partial charge in [0.1, 0.15) is 11.7 Å². The quantitative estimate of drug-likeness (QED) is 0.281. The van der Waals surface area contributed by atoms with E-state index in [2.05, 4.69) is 11.3 Å². The molecule has 0 spiro atoms. The molecule has 0 radical (unpaired) electrons. The summed E-state index contributed by atoms with van der Waals surface area (Å²) >= 11 is 0. The van der Waals surface area contributed by atoms with E-state index in [1.54, 1.807) is 0 Å². The maximum atomic E-state index is 11.3. The van der Waals surface area contributed by atoms with Crippen LogP contribution in [0.5, 0.6) is 0 Å². The maximum Gasteiger partial charge on any atom is 0.319 e.